The Morgan fingerprint density at radius 3 is 3.15 bits per heavy atom. The Hall–Kier alpha value is -0.340. The quantitative estimate of drug-likeness (QED) is 0.728. The van der Waals surface area contributed by atoms with Crippen molar-refractivity contribution in [3.63, 3.8) is 0 Å². The van der Waals surface area contributed by atoms with Gasteiger partial charge in [0.2, 0.25) is 0 Å². The number of thiophene rings is 1. The van der Waals surface area contributed by atoms with Crippen molar-refractivity contribution < 1.29 is 0 Å². The van der Waals surface area contributed by atoms with Gasteiger partial charge in [-0.3, -0.25) is 0 Å². The first-order valence-corrected chi connectivity index (χ1v) is 6.03. The van der Waals surface area contributed by atoms with Crippen LogP contribution < -0.4 is 5.32 Å². The van der Waals surface area contributed by atoms with Crippen LogP contribution in [0.15, 0.2) is 6.07 Å². The average Bonchev–Trinajstić information content (AvgIpc) is 2.64. The fourth-order valence-corrected chi connectivity index (χ4v) is 3.10. The molecule has 0 atom stereocenters. The highest BCUT2D eigenvalue weighted by Crippen LogP contribution is 2.30. The van der Waals surface area contributed by atoms with Crippen LogP contribution in [0.3, 0.4) is 0 Å². The summed E-state index contributed by atoms with van der Waals surface area (Å²) < 4.78 is 0. The minimum absolute atomic E-state index is 1.07. The number of hydrogen-bond acceptors (Lipinski definition) is 2. The largest absolute Gasteiger partial charge is 0.312 e. The van der Waals surface area contributed by atoms with Gasteiger partial charge in [0.15, 0.2) is 0 Å². The first-order valence-electron chi connectivity index (χ1n) is 5.21. The van der Waals surface area contributed by atoms with E-state index in [1.807, 2.05) is 11.3 Å². The van der Waals surface area contributed by atoms with Crippen LogP contribution in [0.5, 0.6) is 0 Å². The van der Waals surface area contributed by atoms with Crippen molar-refractivity contribution in [1.29, 1.82) is 0 Å². The van der Waals surface area contributed by atoms with Crippen LogP contribution in [-0.4, -0.2) is 6.54 Å². The molecule has 1 nitrogen and oxygen atoms in total. The highest BCUT2D eigenvalue weighted by Gasteiger charge is 2.13. The lowest BCUT2D eigenvalue weighted by Crippen LogP contribution is -2.12. The Morgan fingerprint density at radius 1 is 1.46 bits per heavy atom. The zero-order valence-electron chi connectivity index (χ0n) is 8.23. The Kier molecular flexibility index (Phi) is 3.01. The predicted molar refractivity (Wildman–Crippen MR) is 58.3 cm³/mol. The second-order valence-electron chi connectivity index (χ2n) is 3.69. The lowest BCUT2D eigenvalue weighted by Gasteiger charge is -1.99. The molecule has 0 bridgehead atoms. The molecule has 1 N–H and O–H groups in total. The van der Waals surface area contributed by atoms with Crippen LogP contribution in [0.4, 0.5) is 0 Å². The van der Waals surface area contributed by atoms with Crippen molar-refractivity contribution in [3.8, 4) is 0 Å². The second kappa shape index (κ2) is 4.25. The lowest BCUT2D eigenvalue weighted by atomic mass is 10.2. The van der Waals surface area contributed by atoms with E-state index in [0.29, 0.717) is 0 Å². The summed E-state index contributed by atoms with van der Waals surface area (Å²) in [6.07, 6.45) is 5.25. The molecule has 0 saturated carbocycles. The van der Waals surface area contributed by atoms with Crippen molar-refractivity contribution in [1.82, 2.24) is 5.32 Å². The van der Waals surface area contributed by atoms with E-state index in [0.717, 1.165) is 13.1 Å². The minimum Gasteiger partial charge on any atom is -0.312 e. The highest BCUT2D eigenvalue weighted by molar-refractivity contribution is 7.12. The Balaban J connectivity index is 1.91. The minimum atomic E-state index is 1.07. The van der Waals surface area contributed by atoms with E-state index in [1.54, 1.807) is 10.4 Å². The number of aryl methyl sites for hydroxylation is 2. The molecule has 0 spiro atoms. The number of fused-ring (bicyclic) bond motifs is 1. The molecule has 2 rings (SSSR count). The topological polar surface area (TPSA) is 12.0 Å². The van der Waals surface area contributed by atoms with E-state index in [2.05, 4.69) is 18.3 Å². The molecule has 1 aromatic heterocycles. The van der Waals surface area contributed by atoms with Crippen LogP contribution >= 0.6 is 11.3 Å². The maximum atomic E-state index is 3.45. The number of hydrogen-bond donors (Lipinski definition) is 1. The van der Waals surface area contributed by atoms with Gasteiger partial charge in [0.1, 0.15) is 0 Å². The summed E-state index contributed by atoms with van der Waals surface area (Å²) >= 11 is 2.01. The molecule has 0 fully saturated rings. The molecule has 2 heteroatoms. The van der Waals surface area contributed by atoms with Crippen LogP contribution in [0.25, 0.3) is 0 Å². The molecule has 0 aliphatic heterocycles. The van der Waals surface area contributed by atoms with Crippen molar-refractivity contribution in [3.05, 3.63) is 21.4 Å². The van der Waals surface area contributed by atoms with Crippen molar-refractivity contribution >= 4 is 11.3 Å². The molecule has 1 heterocycles. The van der Waals surface area contributed by atoms with Gasteiger partial charge in [0.25, 0.3) is 0 Å². The summed E-state index contributed by atoms with van der Waals surface area (Å²) in [5.41, 5.74) is 1.62. The Bertz CT molecular complexity index is 256. The maximum absolute atomic E-state index is 3.45. The van der Waals surface area contributed by atoms with E-state index < -0.39 is 0 Å². The van der Waals surface area contributed by atoms with Gasteiger partial charge in [-0.15, -0.1) is 11.3 Å². The van der Waals surface area contributed by atoms with E-state index in [-0.39, 0.29) is 0 Å². The molecule has 0 radical (unpaired) electrons. The third-order valence-electron chi connectivity index (χ3n) is 2.52. The zero-order chi connectivity index (χ0) is 9.10. The van der Waals surface area contributed by atoms with Crippen LogP contribution in [0.1, 0.15) is 35.1 Å². The first-order chi connectivity index (χ1) is 6.40. The first kappa shape index (κ1) is 9.22. The Labute approximate surface area is 84.2 Å². The van der Waals surface area contributed by atoms with Gasteiger partial charge in [-0.25, -0.2) is 0 Å². The third kappa shape index (κ3) is 2.12. The van der Waals surface area contributed by atoms with Crippen LogP contribution in [0.2, 0.25) is 0 Å². The molecule has 0 aromatic carbocycles. The molecule has 0 unspecified atom stereocenters. The lowest BCUT2D eigenvalue weighted by molar-refractivity contribution is 0.681. The molecule has 1 aliphatic rings. The highest BCUT2D eigenvalue weighted by atomic mass is 32.1. The van der Waals surface area contributed by atoms with Gasteiger partial charge in [0.05, 0.1) is 0 Å². The van der Waals surface area contributed by atoms with Gasteiger partial charge < -0.3 is 5.32 Å². The third-order valence-corrected chi connectivity index (χ3v) is 3.76. The standard InChI is InChI=1S/C11H17NS/c1-2-6-12-8-10-7-9-4-3-5-11(9)13-10/h7,12H,2-6,8H2,1H3. The number of rotatable bonds is 4. The van der Waals surface area contributed by atoms with Gasteiger partial charge in [-0.1, -0.05) is 6.92 Å². The van der Waals surface area contributed by atoms with Crippen molar-refractivity contribution in [2.75, 3.05) is 6.54 Å². The molecular weight excluding hydrogens is 178 g/mol. The second-order valence-corrected chi connectivity index (χ2v) is 4.91. The molecule has 1 aliphatic carbocycles. The van der Waals surface area contributed by atoms with E-state index in [1.165, 1.54) is 30.6 Å². The molecule has 0 saturated heterocycles. The van der Waals surface area contributed by atoms with Gasteiger partial charge in [-0.05, 0) is 43.9 Å². The predicted octanol–water partition coefficient (Wildman–Crippen LogP) is 2.74. The van der Waals surface area contributed by atoms with Gasteiger partial charge in [0, 0.05) is 16.3 Å². The summed E-state index contributed by atoms with van der Waals surface area (Å²) in [6, 6.07) is 2.40. The summed E-state index contributed by atoms with van der Waals surface area (Å²) in [4.78, 5) is 3.17. The fraction of sp³-hybridized carbons (Fsp3) is 0.636. The maximum Gasteiger partial charge on any atom is 0.0299 e. The normalized spacial score (nSPS) is 14.8. The molecule has 13 heavy (non-hydrogen) atoms. The van der Waals surface area contributed by atoms with Crippen molar-refractivity contribution in [2.24, 2.45) is 0 Å². The van der Waals surface area contributed by atoms with E-state index in [4.69, 9.17) is 0 Å². The Morgan fingerprint density at radius 2 is 2.38 bits per heavy atom. The zero-order valence-corrected chi connectivity index (χ0v) is 9.04. The van der Waals surface area contributed by atoms with Gasteiger partial charge >= 0.3 is 0 Å². The summed E-state index contributed by atoms with van der Waals surface area (Å²) in [6.45, 7) is 4.43. The van der Waals surface area contributed by atoms with Gasteiger partial charge in [-0.2, -0.15) is 0 Å². The van der Waals surface area contributed by atoms with Crippen LogP contribution in [-0.2, 0) is 19.4 Å². The summed E-state index contributed by atoms with van der Waals surface area (Å²) in [7, 11) is 0. The summed E-state index contributed by atoms with van der Waals surface area (Å²) in [5.74, 6) is 0. The van der Waals surface area contributed by atoms with E-state index in [9.17, 15) is 0 Å². The summed E-state index contributed by atoms with van der Waals surface area (Å²) in [5, 5.41) is 3.45. The van der Waals surface area contributed by atoms with Crippen LogP contribution in [0, 0.1) is 0 Å². The smallest absolute Gasteiger partial charge is 0.0299 e. The SMILES string of the molecule is CCCNCc1cc2c(s1)CCC2. The van der Waals surface area contributed by atoms with Crippen molar-refractivity contribution in [2.45, 2.75) is 39.2 Å². The molecule has 72 valence electrons. The average molecular weight is 195 g/mol. The molecule has 1 aromatic rings. The molecule has 0 amide bonds. The number of nitrogens with one attached hydrogen (secondary N) is 1. The fourth-order valence-electron chi connectivity index (χ4n) is 1.87. The van der Waals surface area contributed by atoms with E-state index >= 15 is 0 Å². The monoisotopic (exact) mass is 195 g/mol. The molecular formula is C11H17NS.